The topological polar surface area (TPSA) is 131 Å². The molecule has 0 spiro atoms. The van der Waals surface area contributed by atoms with E-state index in [-0.39, 0.29) is 17.5 Å². The Morgan fingerprint density at radius 3 is 2.46 bits per heavy atom. The quantitative estimate of drug-likeness (QED) is 0.177. The van der Waals surface area contributed by atoms with Gasteiger partial charge in [-0.2, -0.15) is 0 Å². The number of amides is 1. The number of methoxy groups -OCH3 is 2. The maximum absolute atomic E-state index is 12.7. The van der Waals surface area contributed by atoms with Crippen LogP contribution in [0, 0.1) is 5.41 Å². The number of carbonyl (C=O) groups is 1. The van der Waals surface area contributed by atoms with Gasteiger partial charge < -0.3 is 29.6 Å². The van der Waals surface area contributed by atoms with Crippen LogP contribution in [-0.4, -0.2) is 63.1 Å². The normalized spacial score (nSPS) is 12.7. The molecule has 0 saturated heterocycles. The van der Waals surface area contributed by atoms with E-state index >= 15 is 0 Å². The Hall–Kier alpha value is -3.25. The lowest BCUT2D eigenvalue weighted by molar-refractivity contribution is 0.0913. The number of carbonyl (C=O) groups excluding carboxylic acids is 1. The van der Waals surface area contributed by atoms with E-state index in [1.54, 1.807) is 63.7 Å². The second-order valence-electron chi connectivity index (χ2n) is 7.30. The Morgan fingerprint density at radius 2 is 1.80 bits per heavy atom. The van der Waals surface area contributed by atoms with E-state index in [1.165, 1.54) is 12.3 Å². The minimum atomic E-state index is -1.37. The van der Waals surface area contributed by atoms with Gasteiger partial charge in [0, 0.05) is 39.4 Å². The van der Waals surface area contributed by atoms with Crippen molar-refractivity contribution in [2.24, 2.45) is 0 Å². The zero-order valence-electron chi connectivity index (χ0n) is 20.3. The second kappa shape index (κ2) is 14.9. The fourth-order valence-corrected chi connectivity index (χ4v) is 3.64. The first-order valence-electron chi connectivity index (χ1n) is 10.8. The Morgan fingerprint density at radius 1 is 1.09 bits per heavy atom. The van der Waals surface area contributed by atoms with Gasteiger partial charge in [0.2, 0.25) is 0 Å². The van der Waals surface area contributed by atoms with Crippen LogP contribution in [0.25, 0.3) is 0 Å². The molecule has 11 heteroatoms. The van der Waals surface area contributed by atoms with Crippen LogP contribution in [-0.2, 0) is 20.5 Å². The van der Waals surface area contributed by atoms with Crippen molar-refractivity contribution in [2.75, 3.05) is 41.0 Å². The molecule has 190 valence electrons. The van der Waals surface area contributed by atoms with Gasteiger partial charge in [-0.05, 0) is 55.6 Å². The second-order valence-corrected chi connectivity index (χ2v) is 8.59. The molecule has 10 nitrogen and oxygen atoms in total. The predicted octanol–water partition coefficient (Wildman–Crippen LogP) is 2.59. The Labute approximate surface area is 208 Å². The molecule has 2 aromatic rings. The third kappa shape index (κ3) is 9.87. The molecule has 4 N–H and O–H groups in total. The van der Waals surface area contributed by atoms with E-state index in [0.29, 0.717) is 41.9 Å². The van der Waals surface area contributed by atoms with Crippen LogP contribution in [0.2, 0.25) is 0 Å². The van der Waals surface area contributed by atoms with Crippen molar-refractivity contribution in [3.63, 3.8) is 0 Å². The molecule has 0 aliphatic heterocycles. The van der Waals surface area contributed by atoms with Crippen molar-refractivity contribution in [3.05, 3.63) is 60.3 Å². The van der Waals surface area contributed by atoms with Gasteiger partial charge in [0.1, 0.15) is 40.2 Å². The van der Waals surface area contributed by atoms with Gasteiger partial charge in [-0.1, -0.05) is 0 Å². The molecule has 2 rings (SSSR count). The molecule has 1 unspecified atom stereocenters. The number of hydrogen-bond acceptors (Lipinski definition) is 8. The predicted molar refractivity (Wildman–Crippen MR) is 135 cm³/mol. The van der Waals surface area contributed by atoms with Crippen LogP contribution in [0.1, 0.15) is 17.3 Å². The molecule has 2 aromatic carbocycles. The van der Waals surface area contributed by atoms with Gasteiger partial charge in [0.25, 0.3) is 5.91 Å². The number of hydrogen-bond donors (Lipinski definition) is 4. The minimum Gasteiger partial charge on any atom is -0.488 e. The lowest BCUT2D eigenvalue weighted by Crippen LogP contribution is -2.28. The van der Waals surface area contributed by atoms with Gasteiger partial charge in [0.15, 0.2) is 0 Å². The molecule has 0 aliphatic rings. The fraction of sp³-hybridized carbons (Fsp3) is 0.333. The SMILES string of the molecule is CN/C=C\C(=N)NC(=O)c1cc(Oc2ccc(S(=O)NCCOC)cc2)cc(O[C@@H](C)COC)c1. The zero-order valence-corrected chi connectivity index (χ0v) is 21.1. The third-order valence-electron chi connectivity index (χ3n) is 4.36. The summed E-state index contributed by atoms with van der Waals surface area (Å²) in [6.45, 7) is 3.12. The highest BCUT2D eigenvalue weighted by Gasteiger charge is 2.14. The van der Waals surface area contributed by atoms with Gasteiger partial charge in [-0.3, -0.25) is 10.2 Å². The third-order valence-corrected chi connectivity index (χ3v) is 5.53. The molecule has 0 aliphatic carbocycles. The summed E-state index contributed by atoms with van der Waals surface area (Å²) in [5, 5.41) is 13.1. The summed E-state index contributed by atoms with van der Waals surface area (Å²) in [5.74, 6) is 0.698. The molecule has 0 heterocycles. The highest BCUT2D eigenvalue weighted by atomic mass is 32.2. The smallest absolute Gasteiger partial charge is 0.257 e. The fourth-order valence-electron chi connectivity index (χ4n) is 2.82. The number of amidine groups is 1. The summed E-state index contributed by atoms with van der Waals surface area (Å²) in [6, 6.07) is 11.5. The maximum Gasteiger partial charge on any atom is 0.257 e. The van der Waals surface area contributed by atoms with Crippen molar-refractivity contribution in [2.45, 2.75) is 17.9 Å². The molecule has 35 heavy (non-hydrogen) atoms. The van der Waals surface area contributed by atoms with Crippen LogP contribution >= 0.6 is 0 Å². The highest BCUT2D eigenvalue weighted by molar-refractivity contribution is 7.83. The Bertz CT molecular complexity index is 1030. The number of ether oxygens (including phenoxy) is 4. The largest absolute Gasteiger partial charge is 0.488 e. The van der Waals surface area contributed by atoms with E-state index < -0.39 is 16.9 Å². The van der Waals surface area contributed by atoms with Gasteiger partial charge >= 0.3 is 0 Å². The molecule has 2 atom stereocenters. The summed E-state index contributed by atoms with van der Waals surface area (Å²) >= 11 is 0. The van der Waals surface area contributed by atoms with Gasteiger partial charge in [-0.15, -0.1) is 0 Å². The summed E-state index contributed by atoms with van der Waals surface area (Å²) in [6.07, 6.45) is 2.70. The number of rotatable bonds is 14. The molecule has 0 radical (unpaired) electrons. The van der Waals surface area contributed by atoms with E-state index in [2.05, 4.69) is 15.4 Å². The van der Waals surface area contributed by atoms with Crippen molar-refractivity contribution in [1.29, 1.82) is 5.41 Å². The standard InChI is InChI=1S/C24H32N4O6S/c1-17(16-32-4)33-20-13-18(24(29)28-23(25)9-10-26-2)14-21(15-20)34-19-5-7-22(8-6-19)35(30)27-11-12-31-3/h5-10,13-15,17,26-27H,11-12,16H2,1-4H3,(H2,25,28,29)/b10-9-/t17-,35?/m0/s1. The zero-order chi connectivity index (χ0) is 25.6. The van der Waals surface area contributed by atoms with Crippen LogP contribution in [0.4, 0.5) is 0 Å². The van der Waals surface area contributed by atoms with E-state index in [4.69, 9.17) is 24.4 Å². The molecule has 0 bridgehead atoms. The summed E-state index contributed by atoms with van der Waals surface area (Å²) in [7, 11) is 3.48. The maximum atomic E-state index is 12.7. The van der Waals surface area contributed by atoms with Crippen LogP contribution < -0.4 is 24.8 Å². The molecular formula is C24H32N4O6S. The number of nitrogens with one attached hydrogen (secondary N) is 4. The molecule has 1 amide bonds. The molecule has 0 saturated carbocycles. The van der Waals surface area contributed by atoms with Crippen LogP contribution in [0.5, 0.6) is 17.2 Å². The minimum absolute atomic E-state index is 0.0754. The monoisotopic (exact) mass is 504 g/mol. The lowest BCUT2D eigenvalue weighted by atomic mass is 10.1. The summed E-state index contributed by atoms with van der Waals surface area (Å²) in [4.78, 5) is 13.3. The molecule has 0 aromatic heterocycles. The first-order valence-corrected chi connectivity index (χ1v) is 12.0. The first-order chi connectivity index (χ1) is 16.9. The summed E-state index contributed by atoms with van der Waals surface area (Å²) in [5.41, 5.74) is 0.254. The van der Waals surface area contributed by atoms with E-state index in [0.717, 1.165) is 0 Å². The summed E-state index contributed by atoms with van der Waals surface area (Å²) < 4.78 is 37.0. The van der Waals surface area contributed by atoms with Crippen LogP contribution in [0.15, 0.2) is 59.6 Å². The Balaban J connectivity index is 2.22. The molecular weight excluding hydrogens is 472 g/mol. The van der Waals surface area contributed by atoms with Crippen molar-refractivity contribution in [3.8, 4) is 17.2 Å². The average Bonchev–Trinajstić information content (AvgIpc) is 2.83. The van der Waals surface area contributed by atoms with Crippen molar-refractivity contribution >= 4 is 22.7 Å². The van der Waals surface area contributed by atoms with Gasteiger partial charge in [-0.25, -0.2) is 8.93 Å². The van der Waals surface area contributed by atoms with Crippen molar-refractivity contribution < 1.29 is 28.0 Å². The van der Waals surface area contributed by atoms with E-state index in [1.807, 2.05) is 6.92 Å². The highest BCUT2D eigenvalue weighted by Crippen LogP contribution is 2.29. The van der Waals surface area contributed by atoms with Gasteiger partial charge in [0.05, 0.1) is 18.1 Å². The number of benzene rings is 2. The average molecular weight is 505 g/mol. The van der Waals surface area contributed by atoms with Crippen LogP contribution in [0.3, 0.4) is 0 Å². The Kier molecular flexibility index (Phi) is 11.9. The molecule has 0 fully saturated rings. The first kappa shape index (κ1) is 28.0. The van der Waals surface area contributed by atoms with E-state index in [9.17, 15) is 9.00 Å². The lowest BCUT2D eigenvalue weighted by Gasteiger charge is -2.16. The van der Waals surface area contributed by atoms with Crippen molar-refractivity contribution in [1.82, 2.24) is 15.4 Å².